The van der Waals surface area contributed by atoms with Gasteiger partial charge in [0, 0.05) is 5.39 Å². The maximum Gasteiger partial charge on any atom is 0.137 e. The fourth-order valence-electron chi connectivity index (χ4n) is 3.20. The van der Waals surface area contributed by atoms with Crippen molar-refractivity contribution in [2.45, 2.75) is 45.8 Å². The molecule has 1 aromatic heterocycles. The standard InChI is InChI=1S/C21H27N3O2/c1-21(2,3)20(25)18(24-15-22-14-23-24)11-7-13-26-19-12-6-9-16-8-4-5-10-17(16)19/h4-6,8-10,12,14-15,18,20,25H,7,11,13H2,1-3H3. The molecule has 26 heavy (non-hydrogen) atoms. The number of aliphatic hydroxyl groups is 1. The Balaban J connectivity index is 1.63. The largest absolute Gasteiger partial charge is 0.493 e. The summed E-state index contributed by atoms with van der Waals surface area (Å²) in [6, 6.07) is 14.2. The maximum atomic E-state index is 10.7. The second-order valence-electron chi connectivity index (χ2n) is 7.72. The van der Waals surface area contributed by atoms with Gasteiger partial charge < -0.3 is 9.84 Å². The number of aliphatic hydroxyl groups excluding tert-OH is 1. The quantitative estimate of drug-likeness (QED) is 0.646. The number of rotatable bonds is 7. The molecule has 0 amide bonds. The molecule has 2 atom stereocenters. The summed E-state index contributed by atoms with van der Waals surface area (Å²) >= 11 is 0. The molecule has 0 bridgehead atoms. The van der Waals surface area contributed by atoms with Crippen LogP contribution < -0.4 is 4.74 Å². The van der Waals surface area contributed by atoms with Crippen LogP contribution in [0.15, 0.2) is 55.1 Å². The number of fused-ring (bicyclic) bond motifs is 1. The Morgan fingerprint density at radius 2 is 1.88 bits per heavy atom. The Morgan fingerprint density at radius 1 is 1.12 bits per heavy atom. The molecule has 0 aliphatic heterocycles. The zero-order valence-electron chi connectivity index (χ0n) is 15.7. The summed E-state index contributed by atoms with van der Waals surface area (Å²) in [6.07, 6.45) is 4.26. The monoisotopic (exact) mass is 353 g/mol. The van der Waals surface area contributed by atoms with Crippen LogP contribution in [0.5, 0.6) is 5.75 Å². The Bertz CT molecular complexity index is 819. The third-order valence-electron chi connectivity index (χ3n) is 4.68. The van der Waals surface area contributed by atoms with Gasteiger partial charge in [-0.3, -0.25) is 0 Å². The summed E-state index contributed by atoms with van der Waals surface area (Å²) < 4.78 is 7.78. The van der Waals surface area contributed by atoms with Gasteiger partial charge in [-0.05, 0) is 29.7 Å². The van der Waals surface area contributed by atoms with E-state index < -0.39 is 6.10 Å². The number of nitrogens with zero attached hydrogens (tertiary/aromatic N) is 3. The third kappa shape index (κ3) is 4.22. The normalized spacial score (nSPS) is 14.3. The van der Waals surface area contributed by atoms with Crippen molar-refractivity contribution in [2.75, 3.05) is 6.61 Å². The maximum absolute atomic E-state index is 10.7. The molecule has 0 aliphatic rings. The molecule has 1 N–H and O–H groups in total. The highest BCUT2D eigenvalue weighted by Crippen LogP contribution is 2.31. The van der Waals surface area contributed by atoms with Crippen LogP contribution in [0.1, 0.15) is 39.7 Å². The SMILES string of the molecule is CC(C)(C)C(O)C(CCCOc1cccc2ccccc12)n1cncn1. The van der Waals surface area contributed by atoms with Gasteiger partial charge in [0.15, 0.2) is 0 Å². The van der Waals surface area contributed by atoms with Crippen LogP contribution in [0.25, 0.3) is 10.8 Å². The van der Waals surface area contributed by atoms with Gasteiger partial charge in [0.05, 0.1) is 18.8 Å². The molecule has 1 heterocycles. The van der Waals surface area contributed by atoms with Crippen LogP contribution in [0.3, 0.4) is 0 Å². The van der Waals surface area contributed by atoms with Crippen molar-refractivity contribution in [2.24, 2.45) is 5.41 Å². The van der Waals surface area contributed by atoms with Gasteiger partial charge in [-0.25, -0.2) is 9.67 Å². The molecule has 0 fully saturated rings. The van der Waals surface area contributed by atoms with E-state index in [0.29, 0.717) is 6.61 Å². The lowest BCUT2D eigenvalue weighted by Crippen LogP contribution is -2.36. The first-order valence-corrected chi connectivity index (χ1v) is 9.09. The summed E-state index contributed by atoms with van der Waals surface area (Å²) in [5.41, 5.74) is -0.229. The number of aromatic nitrogens is 3. The van der Waals surface area contributed by atoms with E-state index in [2.05, 4.69) is 28.3 Å². The van der Waals surface area contributed by atoms with E-state index in [0.717, 1.165) is 24.0 Å². The number of benzene rings is 2. The second-order valence-corrected chi connectivity index (χ2v) is 7.72. The number of ether oxygens (including phenoxy) is 1. The molecule has 0 aliphatic carbocycles. The Hall–Kier alpha value is -2.40. The average Bonchev–Trinajstić information content (AvgIpc) is 3.15. The van der Waals surface area contributed by atoms with Gasteiger partial charge in [-0.15, -0.1) is 0 Å². The van der Waals surface area contributed by atoms with Crippen LogP contribution >= 0.6 is 0 Å². The predicted molar refractivity (Wildman–Crippen MR) is 103 cm³/mol. The smallest absolute Gasteiger partial charge is 0.137 e. The summed E-state index contributed by atoms with van der Waals surface area (Å²) in [7, 11) is 0. The van der Waals surface area contributed by atoms with Crippen molar-refractivity contribution in [1.29, 1.82) is 0 Å². The zero-order valence-corrected chi connectivity index (χ0v) is 15.7. The number of hydrogen-bond acceptors (Lipinski definition) is 4. The molecule has 5 heteroatoms. The van der Waals surface area contributed by atoms with E-state index in [4.69, 9.17) is 4.74 Å². The van der Waals surface area contributed by atoms with Crippen molar-refractivity contribution < 1.29 is 9.84 Å². The summed E-state index contributed by atoms with van der Waals surface area (Å²) in [5.74, 6) is 0.900. The van der Waals surface area contributed by atoms with Crippen LogP contribution in [0, 0.1) is 5.41 Å². The highest BCUT2D eigenvalue weighted by molar-refractivity contribution is 5.88. The molecule has 2 aromatic carbocycles. The lowest BCUT2D eigenvalue weighted by atomic mass is 9.83. The van der Waals surface area contributed by atoms with E-state index in [-0.39, 0.29) is 11.5 Å². The van der Waals surface area contributed by atoms with Crippen LogP contribution in [0.2, 0.25) is 0 Å². The molecular weight excluding hydrogens is 326 g/mol. The van der Waals surface area contributed by atoms with Crippen LogP contribution in [-0.2, 0) is 0 Å². The molecule has 3 aromatic rings. The van der Waals surface area contributed by atoms with Gasteiger partial charge in [0.25, 0.3) is 0 Å². The Kier molecular flexibility index (Phi) is 5.57. The van der Waals surface area contributed by atoms with E-state index in [1.165, 1.54) is 11.7 Å². The third-order valence-corrected chi connectivity index (χ3v) is 4.68. The van der Waals surface area contributed by atoms with Gasteiger partial charge in [-0.2, -0.15) is 5.10 Å². The summed E-state index contributed by atoms with van der Waals surface area (Å²) in [4.78, 5) is 4.03. The van der Waals surface area contributed by atoms with Gasteiger partial charge in [0.2, 0.25) is 0 Å². The Labute approximate surface area is 154 Å². The van der Waals surface area contributed by atoms with Gasteiger partial charge in [-0.1, -0.05) is 57.2 Å². The van der Waals surface area contributed by atoms with Gasteiger partial charge >= 0.3 is 0 Å². The fourth-order valence-corrected chi connectivity index (χ4v) is 3.20. The van der Waals surface area contributed by atoms with Crippen molar-refractivity contribution in [3.8, 4) is 5.75 Å². The molecule has 0 saturated heterocycles. The van der Waals surface area contributed by atoms with Gasteiger partial charge in [0.1, 0.15) is 18.4 Å². The zero-order chi connectivity index (χ0) is 18.6. The molecule has 0 radical (unpaired) electrons. The highest BCUT2D eigenvalue weighted by Gasteiger charge is 2.31. The minimum atomic E-state index is -0.512. The Morgan fingerprint density at radius 3 is 2.62 bits per heavy atom. The predicted octanol–water partition coefficient (Wildman–Crippen LogP) is 4.24. The first-order chi connectivity index (χ1) is 12.5. The van der Waals surface area contributed by atoms with Crippen molar-refractivity contribution in [3.63, 3.8) is 0 Å². The van der Waals surface area contributed by atoms with Crippen LogP contribution in [-0.4, -0.2) is 32.6 Å². The van der Waals surface area contributed by atoms with E-state index >= 15 is 0 Å². The molecule has 2 unspecified atom stereocenters. The first-order valence-electron chi connectivity index (χ1n) is 9.09. The molecule has 138 valence electrons. The minimum Gasteiger partial charge on any atom is -0.493 e. The van der Waals surface area contributed by atoms with E-state index in [1.807, 2.05) is 45.0 Å². The summed E-state index contributed by atoms with van der Waals surface area (Å²) in [6.45, 7) is 6.70. The lowest BCUT2D eigenvalue weighted by Gasteiger charge is -2.33. The summed E-state index contributed by atoms with van der Waals surface area (Å²) in [5, 5.41) is 17.3. The second kappa shape index (κ2) is 7.87. The van der Waals surface area contributed by atoms with Crippen LogP contribution in [0.4, 0.5) is 0 Å². The lowest BCUT2D eigenvalue weighted by molar-refractivity contribution is 0.00760. The molecule has 0 spiro atoms. The topological polar surface area (TPSA) is 60.2 Å². The minimum absolute atomic E-state index is 0.117. The highest BCUT2D eigenvalue weighted by atomic mass is 16.5. The first kappa shape index (κ1) is 18.4. The number of hydrogen-bond donors (Lipinski definition) is 1. The average molecular weight is 353 g/mol. The van der Waals surface area contributed by atoms with E-state index in [9.17, 15) is 5.11 Å². The molecule has 5 nitrogen and oxygen atoms in total. The molecule has 0 saturated carbocycles. The van der Waals surface area contributed by atoms with Crippen molar-refractivity contribution >= 4 is 10.8 Å². The van der Waals surface area contributed by atoms with E-state index in [1.54, 1.807) is 11.0 Å². The fraction of sp³-hybridized carbons (Fsp3) is 0.429. The molecular formula is C21H27N3O2. The van der Waals surface area contributed by atoms with Crippen molar-refractivity contribution in [1.82, 2.24) is 14.8 Å². The molecule has 3 rings (SSSR count). The van der Waals surface area contributed by atoms with Crippen molar-refractivity contribution in [3.05, 3.63) is 55.1 Å².